The minimum Gasteiger partial charge on any atom is -0.352 e. The molecule has 5 rings (SSSR count). The van der Waals surface area contributed by atoms with Gasteiger partial charge in [0.2, 0.25) is 0 Å². The molecule has 11 heteroatoms. The van der Waals surface area contributed by atoms with E-state index in [4.69, 9.17) is 0 Å². The van der Waals surface area contributed by atoms with Gasteiger partial charge in [0.1, 0.15) is 11.5 Å². The molecule has 1 unspecified atom stereocenters. The SMILES string of the molecule is Cn1cc(-c2nnc(N3CCC(NC(=O)c4ccc(F)cc4C(F)(F)F)C3)c3ccccc23)cn1. The number of carbonyl (C=O) groups excluding carboxylic acids is 1. The molecule has 0 radical (unpaired) electrons. The summed E-state index contributed by atoms with van der Waals surface area (Å²) in [6.07, 6.45) is -0.778. The summed E-state index contributed by atoms with van der Waals surface area (Å²) in [7, 11) is 1.82. The number of aryl methyl sites for hydroxylation is 1. The van der Waals surface area contributed by atoms with Gasteiger partial charge in [-0.05, 0) is 24.6 Å². The van der Waals surface area contributed by atoms with Crippen LogP contribution in [0.1, 0.15) is 22.3 Å². The lowest BCUT2D eigenvalue weighted by Crippen LogP contribution is -2.38. The first kappa shape index (κ1) is 22.8. The molecule has 1 atom stereocenters. The second kappa shape index (κ2) is 8.64. The van der Waals surface area contributed by atoms with Crippen LogP contribution in [0.25, 0.3) is 22.0 Å². The van der Waals surface area contributed by atoms with E-state index >= 15 is 0 Å². The minimum absolute atomic E-state index is 0.335. The number of aromatic nitrogens is 4. The van der Waals surface area contributed by atoms with Crippen molar-refractivity contribution in [3.05, 3.63) is 71.8 Å². The number of nitrogens with one attached hydrogen (secondary N) is 1. The van der Waals surface area contributed by atoms with Gasteiger partial charge in [-0.3, -0.25) is 9.48 Å². The third-order valence-electron chi connectivity index (χ3n) is 6.00. The average Bonchev–Trinajstić information content (AvgIpc) is 3.46. The Morgan fingerprint density at radius 1 is 1.11 bits per heavy atom. The van der Waals surface area contributed by atoms with Crippen LogP contribution in [-0.4, -0.2) is 45.0 Å². The molecule has 0 bridgehead atoms. The Balaban J connectivity index is 1.38. The number of rotatable bonds is 4. The number of benzene rings is 2. The fourth-order valence-electron chi connectivity index (χ4n) is 4.36. The van der Waals surface area contributed by atoms with Crippen molar-refractivity contribution in [1.82, 2.24) is 25.3 Å². The first-order chi connectivity index (χ1) is 16.7. The second-order valence-electron chi connectivity index (χ2n) is 8.41. The van der Waals surface area contributed by atoms with Crippen molar-refractivity contribution < 1.29 is 22.4 Å². The largest absolute Gasteiger partial charge is 0.417 e. The molecule has 1 N–H and O–H groups in total. The monoisotopic (exact) mass is 484 g/mol. The number of halogens is 4. The molecule has 2 aromatic heterocycles. The van der Waals surface area contributed by atoms with Gasteiger partial charge in [0.25, 0.3) is 5.91 Å². The van der Waals surface area contributed by atoms with E-state index in [2.05, 4.69) is 20.6 Å². The maximum Gasteiger partial charge on any atom is 0.417 e. The van der Waals surface area contributed by atoms with Gasteiger partial charge in [-0.2, -0.15) is 18.3 Å². The molecule has 1 aliphatic heterocycles. The van der Waals surface area contributed by atoms with Gasteiger partial charge in [0, 0.05) is 48.7 Å². The molecule has 0 saturated carbocycles. The summed E-state index contributed by atoms with van der Waals surface area (Å²) in [6, 6.07) is 9.30. The Bertz CT molecular complexity index is 1420. The Morgan fingerprint density at radius 3 is 2.60 bits per heavy atom. The molecule has 4 aromatic rings. The Kier molecular flexibility index (Phi) is 5.62. The van der Waals surface area contributed by atoms with Crippen molar-refractivity contribution in [3.8, 4) is 11.3 Å². The van der Waals surface area contributed by atoms with Gasteiger partial charge in [-0.15, -0.1) is 10.2 Å². The third kappa shape index (κ3) is 4.41. The van der Waals surface area contributed by atoms with E-state index in [-0.39, 0.29) is 0 Å². The molecule has 1 saturated heterocycles. The number of alkyl halides is 3. The molecule has 0 spiro atoms. The van der Waals surface area contributed by atoms with Crippen molar-refractivity contribution in [2.75, 3.05) is 18.0 Å². The van der Waals surface area contributed by atoms with Crippen LogP contribution in [0, 0.1) is 5.82 Å². The van der Waals surface area contributed by atoms with Crippen LogP contribution < -0.4 is 10.2 Å². The van der Waals surface area contributed by atoms with E-state index in [1.165, 1.54) is 0 Å². The normalized spacial score (nSPS) is 16.1. The summed E-state index contributed by atoms with van der Waals surface area (Å²) in [5.41, 5.74) is -0.386. The predicted octanol–water partition coefficient (Wildman–Crippen LogP) is 4.20. The van der Waals surface area contributed by atoms with Crippen LogP contribution in [-0.2, 0) is 13.2 Å². The number of nitrogens with zero attached hydrogens (tertiary/aromatic N) is 5. The summed E-state index contributed by atoms with van der Waals surface area (Å²) in [4.78, 5) is 14.6. The van der Waals surface area contributed by atoms with E-state index in [1.54, 1.807) is 10.9 Å². The summed E-state index contributed by atoms with van der Waals surface area (Å²) in [6.45, 7) is 0.880. The van der Waals surface area contributed by atoms with Crippen LogP contribution >= 0.6 is 0 Å². The fourth-order valence-corrected chi connectivity index (χ4v) is 4.36. The fraction of sp³-hybridized carbons (Fsp3) is 0.250. The highest BCUT2D eigenvalue weighted by Crippen LogP contribution is 2.34. The highest BCUT2D eigenvalue weighted by atomic mass is 19.4. The summed E-state index contributed by atoms with van der Waals surface area (Å²) in [5, 5.41) is 17.5. The maximum absolute atomic E-state index is 13.4. The van der Waals surface area contributed by atoms with E-state index in [0.717, 1.165) is 28.5 Å². The zero-order chi connectivity index (χ0) is 24.7. The van der Waals surface area contributed by atoms with Crippen molar-refractivity contribution in [2.24, 2.45) is 7.05 Å². The first-order valence-electron chi connectivity index (χ1n) is 10.9. The van der Waals surface area contributed by atoms with E-state index in [0.29, 0.717) is 37.1 Å². The topological polar surface area (TPSA) is 75.9 Å². The van der Waals surface area contributed by atoms with Crippen LogP contribution in [0.15, 0.2) is 54.9 Å². The zero-order valence-electron chi connectivity index (χ0n) is 18.6. The van der Waals surface area contributed by atoms with Gasteiger partial charge in [0.05, 0.1) is 17.3 Å². The quantitative estimate of drug-likeness (QED) is 0.440. The van der Waals surface area contributed by atoms with Crippen molar-refractivity contribution in [3.63, 3.8) is 0 Å². The molecule has 7 nitrogen and oxygen atoms in total. The number of hydrogen-bond donors (Lipinski definition) is 1. The number of carbonyl (C=O) groups is 1. The molecule has 1 fully saturated rings. The molecule has 1 aliphatic rings. The minimum atomic E-state index is -4.85. The molecule has 1 amide bonds. The number of anilines is 1. The third-order valence-corrected chi connectivity index (χ3v) is 6.00. The van der Waals surface area contributed by atoms with E-state index < -0.39 is 35.1 Å². The van der Waals surface area contributed by atoms with Crippen LogP contribution in [0.5, 0.6) is 0 Å². The van der Waals surface area contributed by atoms with Crippen LogP contribution in [0.2, 0.25) is 0 Å². The Labute approximate surface area is 197 Å². The van der Waals surface area contributed by atoms with Crippen molar-refractivity contribution in [1.29, 1.82) is 0 Å². The molecular formula is C24H20F4N6O. The highest BCUT2D eigenvalue weighted by Gasteiger charge is 2.36. The predicted molar refractivity (Wildman–Crippen MR) is 121 cm³/mol. The van der Waals surface area contributed by atoms with Gasteiger partial charge in [-0.25, -0.2) is 4.39 Å². The van der Waals surface area contributed by atoms with Crippen LogP contribution in [0.4, 0.5) is 23.4 Å². The Hall–Kier alpha value is -4.02. The van der Waals surface area contributed by atoms with Gasteiger partial charge in [0.15, 0.2) is 5.82 Å². The van der Waals surface area contributed by atoms with Crippen LogP contribution in [0.3, 0.4) is 0 Å². The summed E-state index contributed by atoms with van der Waals surface area (Å²) < 4.78 is 55.0. The lowest BCUT2D eigenvalue weighted by Gasteiger charge is -2.20. The zero-order valence-corrected chi connectivity index (χ0v) is 18.6. The standard InChI is InChI=1S/C24H20F4N6O/c1-33-12-14(11-29-33)21-17-4-2-3-5-18(17)22(32-31-21)34-9-8-16(13-34)30-23(35)19-7-6-15(25)10-20(19)24(26,27)28/h2-7,10-12,16H,8-9,13H2,1H3,(H,30,35). The number of fused-ring (bicyclic) bond motifs is 1. The van der Waals surface area contributed by atoms with Crippen molar-refractivity contribution >= 4 is 22.5 Å². The molecule has 35 heavy (non-hydrogen) atoms. The molecule has 3 heterocycles. The summed E-state index contributed by atoms with van der Waals surface area (Å²) in [5.74, 6) is -1.32. The molecular weight excluding hydrogens is 464 g/mol. The first-order valence-corrected chi connectivity index (χ1v) is 10.9. The lowest BCUT2D eigenvalue weighted by molar-refractivity contribution is -0.138. The summed E-state index contributed by atoms with van der Waals surface area (Å²) >= 11 is 0. The molecule has 0 aliphatic carbocycles. The highest BCUT2D eigenvalue weighted by molar-refractivity contribution is 6.00. The molecule has 2 aromatic carbocycles. The van der Waals surface area contributed by atoms with Crippen molar-refractivity contribution in [2.45, 2.75) is 18.6 Å². The van der Waals surface area contributed by atoms with E-state index in [9.17, 15) is 22.4 Å². The van der Waals surface area contributed by atoms with Gasteiger partial charge in [-0.1, -0.05) is 24.3 Å². The smallest absolute Gasteiger partial charge is 0.352 e. The average molecular weight is 484 g/mol. The second-order valence-corrected chi connectivity index (χ2v) is 8.41. The van der Waals surface area contributed by atoms with Gasteiger partial charge >= 0.3 is 6.18 Å². The van der Waals surface area contributed by atoms with Gasteiger partial charge < -0.3 is 10.2 Å². The van der Waals surface area contributed by atoms with E-state index in [1.807, 2.05) is 42.4 Å². The number of hydrogen-bond acceptors (Lipinski definition) is 5. The number of amides is 1. The lowest BCUT2D eigenvalue weighted by atomic mass is 10.1. The molecule has 180 valence electrons. The maximum atomic E-state index is 13.4. The Morgan fingerprint density at radius 2 is 1.89 bits per heavy atom.